The summed E-state index contributed by atoms with van der Waals surface area (Å²) in [5.74, 6) is -0.424. The molecule has 0 unspecified atom stereocenters. The number of ether oxygens (including phenoxy) is 1. The van der Waals surface area contributed by atoms with E-state index in [4.69, 9.17) is 10.00 Å². The molecule has 0 aliphatic heterocycles. The lowest BCUT2D eigenvalue weighted by atomic mass is 9.97. The number of fused-ring (bicyclic) bond motifs is 1. The van der Waals surface area contributed by atoms with E-state index in [-0.39, 0.29) is 6.42 Å². The van der Waals surface area contributed by atoms with Gasteiger partial charge in [0.2, 0.25) is 0 Å². The highest BCUT2D eigenvalue weighted by molar-refractivity contribution is 9.10. The Morgan fingerprint density at radius 1 is 1.39 bits per heavy atom. The van der Waals surface area contributed by atoms with Gasteiger partial charge in [0, 0.05) is 4.47 Å². The van der Waals surface area contributed by atoms with E-state index in [1.54, 1.807) is 6.07 Å². The number of methoxy groups -OCH3 is 1. The first-order valence-electron chi connectivity index (χ1n) is 5.34. The van der Waals surface area contributed by atoms with Crippen LogP contribution in [0.2, 0.25) is 0 Å². The summed E-state index contributed by atoms with van der Waals surface area (Å²) in [5.41, 5.74) is 1.15. The molecule has 2 aromatic carbocycles. The van der Waals surface area contributed by atoms with Crippen molar-refractivity contribution in [2.45, 2.75) is 6.42 Å². The summed E-state index contributed by atoms with van der Waals surface area (Å²) in [6.45, 7) is 0. The topological polar surface area (TPSA) is 50.1 Å². The Kier molecular flexibility index (Phi) is 3.63. The van der Waals surface area contributed by atoms with Gasteiger partial charge in [-0.25, -0.2) is 4.79 Å². The zero-order valence-electron chi connectivity index (χ0n) is 9.74. The van der Waals surface area contributed by atoms with Gasteiger partial charge in [-0.15, -0.1) is 0 Å². The molecule has 3 nitrogen and oxygen atoms in total. The molecule has 18 heavy (non-hydrogen) atoms. The predicted octanol–water partition coefficient (Wildman–Crippen LogP) is 3.45. The van der Waals surface area contributed by atoms with E-state index < -0.39 is 5.97 Å². The third-order valence-corrected chi connectivity index (χ3v) is 3.42. The van der Waals surface area contributed by atoms with Crippen molar-refractivity contribution < 1.29 is 9.53 Å². The smallest absolute Gasteiger partial charge is 0.338 e. The monoisotopic (exact) mass is 303 g/mol. The fourth-order valence-electron chi connectivity index (χ4n) is 1.95. The SMILES string of the molecule is COC(=O)c1cc(Br)c2ccccc2c1CC#N. The number of hydrogen-bond acceptors (Lipinski definition) is 3. The van der Waals surface area contributed by atoms with Crippen molar-refractivity contribution in [1.29, 1.82) is 5.26 Å². The lowest BCUT2D eigenvalue weighted by molar-refractivity contribution is 0.0600. The normalized spacial score (nSPS) is 10.1. The summed E-state index contributed by atoms with van der Waals surface area (Å²) in [6, 6.07) is 11.5. The second kappa shape index (κ2) is 5.19. The van der Waals surface area contributed by atoms with Gasteiger partial charge in [0.15, 0.2) is 0 Å². The van der Waals surface area contributed by atoms with Gasteiger partial charge < -0.3 is 4.74 Å². The molecule has 0 N–H and O–H groups in total. The molecule has 0 spiro atoms. The molecule has 0 saturated heterocycles. The Labute approximate surface area is 113 Å². The Morgan fingerprint density at radius 2 is 2.06 bits per heavy atom. The number of nitrogens with zero attached hydrogens (tertiary/aromatic N) is 1. The maximum absolute atomic E-state index is 11.8. The van der Waals surface area contributed by atoms with Crippen LogP contribution < -0.4 is 0 Å². The first-order valence-corrected chi connectivity index (χ1v) is 6.13. The molecule has 90 valence electrons. The molecule has 4 heteroatoms. The molecule has 0 atom stereocenters. The van der Waals surface area contributed by atoms with Gasteiger partial charge in [0.25, 0.3) is 0 Å². The number of nitriles is 1. The van der Waals surface area contributed by atoms with E-state index in [2.05, 4.69) is 22.0 Å². The quantitative estimate of drug-likeness (QED) is 0.798. The fraction of sp³-hybridized carbons (Fsp3) is 0.143. The number of esters is 1. The number of halogens is 1. The summed E-state index contributed by atoms with van der Waals surface area (Å²) < 4.78 is 5.58. The zero-order chi connectivity index (χ0) is 13.1. The summed E-state index contributed by atoms with van der Waals surface area (Å²) in [4.78, 5) is 11.8. The minimum atomic E-state index is -0.424. The lowest BCUT2D eigenvalue weighted by Crippen LogP contribution is -2.06. The summed E-state index contributed by atoms with van der Waals surface area (Å²) >= 11 is 3.44. The van der Waals surface area contributed by atoms with Gasteiger partial charge in [-0.3, -0.25) is 0 Å². The first-order chi connectivity index (χ1) is 8.69. The largest absolute Gasteiger partial charge is 0.465 e. The van der Waals surface area contributed by atoms with Crippen LogP contribution in [-0.4, -0.2) is 13.1 Å². The van der Waals surface area contributed by atoms with Crippen LogP contribution in [0.5, 0.6) is 0 Å². The highest BCUT2D eigenvalue weighted by Gasteiger charge is 2.16. The van der Waals surface area contributed by atoms with Crippen molar-refractivity contribution in [1.82, 2.24) is 0 Å². The average Bonchev–Trinajstić information content (AvgIpc) is 2.41. The van der Waals surface area contributed by atoms with Gasteiger partial charge in [-0.1, -0.05) is 40.2 Å². The van der Waals surface area contributed by atoms with Gasteiger partial charge in [-0.2, -0.15) is 5.26 Å². The molecule has 0 aliphatic carbocycles. The summed E-state index contributed by atoms with van der Waals surface area (Å²) in [5, 5.41) is 10.8. The molecule has 0 aromatic heterocycles. The molecule has 2 aromatic rings. The van der Waals surface area contributed by atoms with Crippen LogP contribution in [-0.2, 0) is 11.2 Å². The minimum Gasteiger partial charge on any atom is -0.465 e. The molecule has 0 aliphatic rings. The average molecular weight is 304 g/mol. The van der Waals surface area contributed by atoms with Crippen molar-refractivity contribution in [3.63, 3.8) is 0 Å². The second-order valence-electron chi connectivity index (χ2n) is 3.76. The number of rotatable bonds is 2. The van der Waals surface area contributed by atoms with Crippen LogP contribution in [0.4, 0.5) is 0 Å². The van der Waals surface area contributed by atoms with Crippen LogP contribution in [0.15, 0.2) is 34.8 Å². The van der Waals surface area contributed by atoms with Crippen LogP contribution in [0.1, 0.15) is 15.9 Å². The lowest BCUT2D eigenvalue weighted by Gasteiger charge is -2.11. The maximum Gasteiger partial charge on any atom is 0.338 e. The van der Waals surface area contributed by atoms with Crippen molar-refractivity contribution in [2.75, 3.05) is 7.11 Å². The summed E-state index contributed by atoms with van der Waals surface area (Å²) in [7, 11) is 1.33. The molecule has 0 amide bonds. The third kappa shape index (κ3) is 2.09. The molecular weight excluding hydrogens is 294 g/mol. The number of benzene rings is 2. The van der Waals surface area contributed by atoms with Gasteiger partial charge in [-0.05, 0) is 22.4 Å². The number of carbonyl (C=O) groups excluding carboxylic acids is 1. The highest BCUT2D eigenvalue weighted by Crippen LogP contribution is 2.30. The van der Waals surface area contributed by atoms with Crippen LogP contribution in [0.25, 0.3) is 10.8 Å². The van der Waals surface area contributed by atoms with Crippen LogP contribution in [0, 0.1) is 11.3 Å². The minimum absolute atomic E-state index is 0.179. The molecule has 2 rings (SSSR count). The standard InChI is InChI=1S/C14H10BrNO2/c1-18-14(17)12-8-13(15)11-5-3-2-4-9(11)10(12)6-7-16/h2-5,8H,6H2,1H3. The Hall–Kier alpha value is -1.86. The van der Waals surface area contributed by atoms with Crippen molar-refractivity contribution in [3.8, 4) is 6.07 Å². The van der Waals surface area contributed by atoms with E-state index in [0.717, 1.165) is 15.2 Å². The molecule has 0 bridgehead atoms. The number of hydrogen-bond donors (Lipinski definition) is 0. The van der Waals surface area contributed by atoms with Gasteiger partial charge in [0.05, 0.1) is 25.2 Å². The van der Waals surface area contributed by atoms with E-state index >= 15 is 0 Å². The Morgan fingerprint density at radius 3 is 2.67 bits per heavy atom. The number of carbonyl (C=O) groups is 1. The molecule has 0 radical (unpaired) electrons. The van der Waals surface area contributed by atoms with Crippen molar-refractivity contribution >= 4 is 32.7 Å². The van der Waals surface area contributed by atoms with E-state index in [0.29, 0.717) is 11.1 Å². The third-order valence-electron chi connectivity index (χ3n) is 2.77. The molecule has 0 heterocycles. The Bertz CT molecular complexity index is 659. The second-order valence-corrected chi connectivity index (χ2v) is 4.61. The highest BCUT2D eigenvalue weighted by atomic mass is 79.9. The Balaban J connectivity index is 2.82. The van der Waals surface area contributed by atoms with Gasteiger partial charge >= 0.3 is 5.97 Å². The van der Waals surface area contributed by atoms with E-state index in [9.17, 15) is 4.79 Å². The van der Waals surface area contributed by atoms with Crippen molar-refractivity contribution in [3.05, 3.63) is 45.9 Å². The van der Waals surface area contributed by atoms with E-state index in [1.807, 2.05) is 24.3 Å². The van der Waals surface area contributed by atoms with E-state index in [1.165, 1.54) is 7.11 Å². The summed E-state index contributed by atoms with van der Waals surface area (Å²) in [6.07, 6.45) is 0.179. The maximum atomic E-state index is 11.8. The first kappa shape index (κ1) is 12.6. The molecular formula is C14H10BrNO2. The fourth-order valence-corrected chi connectivity index (χ4v) is 2.53. The predicted molar refractivity (Wildman–Crippen MR) is 72.3 cm³/mol. The molecule has 0 saturated carbocycles. The van der Waals surface area contributed by atoms with Crippen LogP contribution in [0.3, 0.4) is 0 Å². The molecule has 0 fully saturated rings. The van der Waals surface area contributed by atoms with Crippen molar-refractivity contribution in [2.24, 2.45) is 0 Å². The zero-order valence-corrected chi connectivity index (χ0v) is 11.3. The van der Waals surface area contributed by atoms with Gasteiger partial charge in [0.1, 0.15) is 0 Å². The van der Waals surface area contributed by atoms with Crippen LogP contribution >= 0.6 is 15.9 Å².